The van der Waals surface area contributed by atoms with Crippen molar-refractivity contribution in [3.63, 3.8) is 0 Å². The summed E-state index contributed by atoms with van der Waals surface area (Å²) in [6.07, 6.45) is 0. The molecule has 0 aromatic heterocycles. The van der Waals surface area contributed by atoms with Crippen molar-refractivity contribution in [2.45, 2.75) is 20.4 Å². The van der Waals surface area contributed by atoms with Crippen LogP contribution in [0.1, 0.15) is 19.4 Å². The van der Waals surface area contributed by atoms with E-state index in [1.54, 1.807) is 6.07 Å². The molecular weight excluding hydrogens is 236 g/mol. The standard InChI is InChI=1S/C11H15ClN2O.C2H6/c12-10-5-9(6-11(13)7-10)8-14-1-3-15-4-2-14;1-2/h5-7H,1-4,8,13H2;1-2H3. The van der Waals surface area contributed by atoms with E-state index in [2.05, 4.69) is 4.90 Å². The van der Waals surface area contributed by atoms with Gasteiger partial charge in [0.2, 0.25) is 0 Å². The average Bonchev–Trinajstić information content (AvgIpc) is 2.31. The van der Waals surface area contributed by atoms with Crippen molar-refractivity contribution in [1.29, 1.82) is 0 Å². The normalized spacial score (nSPS) is 16.2. The fourth-order valence-electron chi connectivity index (χ4n) is 1.78. The lowest BCUT2D eigenvalue weighted by Gasteiger charge is -2.26. The fraction of sp³-hybridized carbons (Fsp3) is 0.538. The number of ether oxygens (including phenoxy) is 1. The average molecular weight is 257 g/mol. The largest absolute Gasteiger partial charge is 0.399 e. The van der Waals surface area contributed by atoms with Crippen LogP contribution in [0, 0.1) is 0 Å². The molecule has 0 bridgehead atoms. The predicted octanol–water partition coefficient (Wildman–Crippen LogP) is 2.78. The minimum atomic E-state index is 0.707. The van der Waals surface area contributed by atoms with Crippen LogP contribution in [-0.2, 0) is 11.3 Å². The Labute approximate surface area is 109 Å². The molecule has 1 heterocycles. The second kappa shape index (κ2) is 7.54. The van der Waals surface area contributed by atoms with Crippen LogP contribution in [0.15, 0.2) is 18.2 Å². The van der Waals surface area contributed by atoms with Crippen LogP contribution in [0.25, 0.3) is 0 Å². The van der Waals surface area contributed by atoms with Gasteiger partial charge in [0.1, 0.15) is 0 Å². The lowest BCUT2D eigenvalue weighted by Crippen LogP contribution is -2.35. The number of anilines is 1. The zero-order chi connectivity index (χ0) is 12.7. The zero-order valence-corrected chi connectivity index (χ0v) is 11.3. The lowest BCUT2D eigenvalue weighted by atomic mass is 10.2. The van der Waals surface area contributed by atoms with Gasteiger partial charge in [-0.3, -0.25) is 4.90 Å². The highest BCUT2D eigenvalue weighted by molar-refractivity contribution is 6.30. The molecule has 1 fully saturated rings. The van der Waals surface area contributed by atoms with Crippen LogP contribution in [-0.4, -0.2) is 31.2 Å². The smallest absolute Gasteiger partial charge is 0.0594 e. The molecule has 4 heteroatoms. The summed E-state index contributed by atoms with van der Waals surface area (Å²) >= 11 is 5.94. The first-order valence-corrected chi connectivity index (χ1v) is 6.47. The van der Waals surface area contributed by atoms with Gasteiger partial charge >= 0.3 is 0 Å². The van der Waals surface area contributed by atoms with Gasteiger partial charge in [0, 0.05) is 30.3 Å². The van der Waals surface area contributed by atoms with E-state index in [1.165, 1.54) is 5.56 Å². The second-order valence-corrected chi connectivity index (χ2v) is 4.22. The molecule has 1 aliphatic heterocycles. The highest BCUT2D eigenvalue weighted by Crippen LogP contribution is 2.18. The number of benzene rings is 1. The van der Waals surface area contributed by atoms with E-state index in [0.717, 1.165) is 38.5 Å². The van der Waals surface area contributed by atoms with Crippen molar-refractivity contribution in [2.75, 3.05) is 32.0 Å². The van der Waals surface area contributed by atoms with Crippen molar-refractivity contribution >= 4 is 17.3 Å². The van der Waals surface area contributed by atoms with Gasteiger partial charge < -0.3 is 10.5 Å². The quantitative estimate of drug-likeness (QED) is 0.827. The molecule has 96 valence electrons. The topological polar surface area (TPSA) is 38.5 Å². The van der Waals surface area contributed by atoms with Gasteiger partial charge in [-0.25, -0.2) is 0 Å². The first-order valence-electron chi connectivity index (χ1n) is 6.09. The van der Waals surface area contributed by atoms with E-state index < -0.39 is 0 Å². The molecule has 0 aliphatic carbocycles. The Hall–Kier alpha value is -0.770. The Morgan fingerprint density at radius 1 is 1.24 bits per heavy atom. The molecule has 0 radical (unpaired) electrons. The Morgan fingerprint density at radius 2 is 1.88 bits per heavy atom. The maximum Gasteiger partial charge on any atom is 0.0594 e. The monoisotopic (exact) mass is 256 g/mol. The highest BCUT2D eigenvalue weighted by atomic mass is 35.5. The molecule has 3 nitrogen and oxygen atoms in total. The molecule has 1 aliphatic rings. The number of rotatable bonds is 2. The Bertz CT molecular complexity index is 318. The molecule has 1 saturated heterocycles. The van der Waals surface area contributed by atoms with Crippen LogP contribution < -0.4 is 5.73 Å². The summed E-state index contributed by atoms with van der Waals surface area (Å²) in [5.74, 6) is 0. The molecule has 0 atom stereocenters. The first kappa shape index (κ1) is 14.3. The summed E-state index contributed by atoms with van der Waals surface area (Å²) in [5.41, 5.74) is 7.63. The first-order chi connectivity index (χ1) is 8.24. The molecule has 0 saturated carbocycles. The molecule has 2 N–H and O–H groups in total. The summed E-state index contributed by atoms with van der Waals surface area (Å²) in [4.78, 5) is 2.34. The van der Waals surface area contributed by atoms with E-state index in [9.17, 15) is 0 Å². The second-order valence-electron chi connectivity index (χ2n) is 3.78. The van der Waals surface area contributed by atoms with Gasteiger partial charge in [-0.05, 0) is 23.8 Å². The number of hydrogen-bond donors (Lipinski definition) is 1. The molecular formula is C13H21ClN2O. The van der Waals surface area contributed by atoms with Crippen LogP contribution >= 0.6 is 11.6 Å². The third kappa shape index (κ3) is 4.94. The van der Waals surface area contributed by atoms with Crippen LogP contribution in [0.4, 0.5) is 5.69 Å². The summed E-state index contributed by atoms with van der Waals surface area (Å²) in [7, 11) is 0. The van der Waals surface area contributed by atoms with Gasteiger partial charge in [0.25, 0.3) is 0 Å². The minimum Gasteiger partial charge on any atom is -0.399 e. The molecule has 0 spiro atoms. The molecule has 1 aromatic rings. The van der Waals surface area contributed by atoms with E-state index in [1.807, 2.05) is 26.0 Å². The van der Waals surface area contributed by atoms with Crippen molar-refractivity contribution in [3.05, 3.63) is 28.8 Å². The maximum atomic E-state index is 5.94. The minimum absolute atomic E-state index is 0.707. The summed E-state index contributed by atoms with van der Waals surface area (Å²) < 4.78 is 5.29. The summed E-state index contributed by atoms with van der Waals surface area (Å²) in [5, 5.41) is 0.707. The number of morpholine rings is 1. The van der Waals surface area contributed by atoms with Crippen LogP contribution in [0.3, 0.4) is 0 Å². The van der Waals surface area contributed by atoms with Gasteiger partial charge in [-0.15, -0.1) is 0 Å². The zero-order valence-electron chi connectivity index (χ0n) is 10.6. The number of nitrogens with zero attached hydrogens (tertiary/aromatic N) is 1. The molecule has 1 aromatic carbocycles. The fourth-order valence-corrected chi connectivity index (χ4v) is 2.05. The van der Waals surface area contributed by atoms with E-state index in [0.29, 0.717) is 5.02 Å². The molecule has 0 amide bonds. The van der Waals surface area contributed by atoms with Crippen molar-refractivity contribution in [2.24, 2.45) is 0 Å². The maximum absolute atomic E-state index is 5.94. The van der Waals surface area contributed by atoms with E-state index in [-0.39, 0.29) is 0 Å². The lowest BCUT2D eigenvalue weighted by molar-refractivity contribution is 0.0342. The number of hydrogen-bond acceptors (Lipinski definition) is 3. The van der Waals surface area contributed by atoms with Crippen molar-refractivity contribution < 1.29 is 4.74 Å². The number of halogens is 1. The third-order valence-corrected chi connectivity index (χ3v) is 2.71. The molecule has 2 rings (SSSR count). The Balaban J connectivity index is 0.000000686. The Morgan fingerprint density at radius 3 is 2.47 bits per heavy atom. The van der Waals surface area contributed by atoms with Gasteiger partial charge in [-0.2, -0.15) is 0 Å². The van der Waals surface area contributed by atoms with Crippen LogP contribution in [0.2, 0.25) is 5.02 Å². The number of nitrogen functional groups attached to an aromatic ring is 1. The molecule has 17 heavy (non-hydrogen) atoms. The third-order valence-electron chi connectivity index (χ3n) is 2.49. The van der Waals surface area contributed by atoms with Gasteiger partial charge in [0.05, 0.1) is 13.2 Å². The number of nitrogens with two attached hydrogens (primary N) is 1. The highest BCUT2D eigenvalue weighted by Gasteiger charge is 2.10. The summed E-state index contributed by atoms with van der Waals surface area (Å²) in [6, 6.07) is 5.71. The van der Waals surface area contributed by atoms with Crippen molar-refractivity contribution in [1.82, 2.24) is 4.90 Å². The van der Waals surface area contributed by atoms with Gasteiger partial charge in [0.15, 0.2) is 0 Å². The van der Waals surface area contributed by atoms with Gasteiger partial charge in [-0.1, -0.05) is 25.4 Å². The van der Waals surface area contributed by atoms with Crippen LogP contribution in [0.5, 0.6) is 0 Å². The predicted molar refractivity (Wildman–Crippen MR) is 73.3 cm³/mol. The van der Waals surface area contributed by atoms with Crippen molar-refractivity contribution in [3.8, 4) is 0 Å². The Kier molecular flexibility index (Phi) is 6.34. The molecule has 0 unspecified atom stereocenters. The SMILES string of the molecule is CC.Nc1cc(Cl)cc(CN2CCOCC2)c1. The summed E-state index contributed by atoms with van der Waals surface area (Å²) in [6.45, 7) is 8.49. The van der Waals surface area contributed by atoms with E-state index in [4.69, 9.17) is 22.1 Å². The van der Waals surface area contributed by atoms with E-state index >= 15 is 0 Å².